The Hall–Kier alpha value is -3.17. The average molecular weight is 442 g/mol. The van der Waals surface area contributed by atoms with Crippen molar-refractivity contribution in [1.82, 2.24) is 9.29 Å². The van der Waals surface area contributed by atoms with Crippen LogP contribution in [0.2, 0.25) is 0 Å². The first-order chi connectivity index (χ1) is 14.7. The van der Waals surface area contributed by atoms with Gasteiger partial charge in [-0.1, -0.05) is 17.7 Å². The minimum absolute atomic E-state index is 0.0241. The maximum absolute atomic E-state index is 13.3. The van der Waals surface area contributed by atoms with Crippen molar-refractivity contribution in [2.45, 2.75) is 24.8 Å². The van der Waals surface area contributed by atoms with Crippen molar-refractivity contribution in [3.05, 3.63) is 70.0 Å². The molecule has 1 aromatic heterocycles. The molecule has 2 N–H and O–H groups in total. The topological polar surface area (TPSA) is 111 Å². The highest BCUT2D eigenvalue weighted by molar-refractivity contribution is 7.89. The zero-order valence-corrected chi connectivity index (χ0v) is 18.0. The minimum Gasteiger partial charge on any atom is -0.477 e. The fourth-order valence-corrected chi connectivity index (χ4v) is 5.47. The third-order valence-electron chi connectivity index (χ3n) is 5.68. The summed E-state index contributed by atoms with van der Waals surface area (Å²) in [5, 5.41) is 9.20. The van der Waals surface area contributed by atoms with Crippen molar-refractivity contribution in [2.75, 3.05) is 24.5 Å². The van der Waals surface area contributed by atoms with Crippen LogP contribution >= 0.6 is 0 Å². The number of hydrogen-bond donors (Lipinski definition) is 2. The van der Waals surface area contributed by atoms with Crippen molar-refractivity contribution in [3.63, 3.8) is 0 Å². The molecule has 8 nitrogen and oxygen atoms in total. The van der Waals surface area contributed by atoms with Crippen LogP contribution in [0, 0.1) is 6.92 Å². The molecule has 1 atom stereocenters. The van der Waals surface area contributed by atoms with Crippen molar-refractivity contribution in [2.24, 2.45) is 0 Å². The lowest BCUT2D eigenvalue weighted by Crippen LogP contribution is -2.53. The predicted octanol–water partition coefficient (Wildman–Crippen LogP) is 2.43. The Morgan fingerprint density at radius 1 is 1.13 bits per heavy atom. The van der Waals surface area contributed by atoms with E-state index in [-0.39, 0.29) is 16.3 Å². The van der Waals surface area contributed by atoms with Crippen LogP contribution in [0.25, 0.3) is 10.9 Å². The second-order valence-electron chi connectivity index (χ2n) is 7.79. The Balaban J connectivity index is 1.63. The number of H-pyrrole nitrogens is 1. The van der Waals surface area contributed by atoms with Gasteiger partial charge in [-0.25, -0.2) is 13.2 Å². The molecule has 2 heterocycles. The van der Waals surface area contributed by atoms with E-state index in [2.05, 4.69) is 9.88 Å². The summed E-state index contributed by atoms with van der Waals surface area (Å²) in [6.45, 7) is 5.15. The van der Waals surface area contributed by atoms with Gasteiger partial charge in [-0.2, -0.15) is 4.31 Å². The van der Waals surface area contributed by atoms with E-state index in [1.54, 1.807) is 0 Å². The van der Waals surface area contributed by atoms with Gasteiger partial charge in [0.1, 0.15) is 5.56 Å². The normalized spacial score (nSPS) is 17.7. The molecule has 31 heavy (non-hydrogen) atoms. The van der Waals surface area contributed by atoms with E-state index in [0.717, 1.165) is 17.4 Å². The maximum Gasteiger partial charge on any atom is 0.341 e. The first-order valence-electron chi connectivity index (χ1n) is 9.90. The number of aromatic amines is 1. The molecule has 1 aliphatic heterocycles. The number of nitrogens with one attached hydrogen (secondary N) is 1. The molecule has 4 rings (SSSR count). The van der Waals surface area contributed by atoms with E-state index < -0.39 is 27.0 Å². The summed E-state index contributed by atoms with van der Waals surface area (Å²) in [6, 6.07) is 12.3. The molecule has 3 aromatic rings. The molecule has 0 unspecified atom stereocenters. The van der Waals surface area contributed by atoms with Crippen LogP contribution in [-0.4, -0.2) is 54.5 Å². The largest absolute Gasteiger partial charge is 0.477 e. The molecule has 0 amide bonds. The first-order valence-corrected chi connectivity index (χ1v) is 11.3. The summed E-state index contributed by atoms with van der Waals surface area (Å²) in [6.07, 6.45) is 1.12. The Morgan fingerprint density at radius 2 is 1.84 bits per heavy atom. The van der Waals surface area contributed by atoms with Crippen molar-refractivity contribution >= 4 is 32.6 Å². The number of aromatic nitrogens is 1. The smallest absolute Gasteiger partial charge is 0.341 e. The van der Waals surface area contributed by atoms with E-state index in [1.165, 1.54) is 22.5 Å². The molecule has 2 aromatic carbocycles. The zero-order chi connectivity index (χ0) is 22.3. The number of benzene rings is 2. The fourth-order valence-electron chi connectivity index (χ4n) is 3.93. The van der Waals surface area contributed by atoms with E-state index in [4.69, 9.17) is 0 Å². The molecule has 0 bridgehead atoms. The molecule has 0 spiro atoms. The Kier molecular flexibility index (Phi) is 5.32. The summed E-state index contributed by atoms with van der Waals surface area (Å²) in [5.41, 5.74) is 1.45. The molecule has 0 radical (unpaired) electrons. The SMILES string of the molecule is Cc1ccc(N2CCN(S(=O)(=O)c3ccc4[nH]cc(C(=O)O)c(=O)c4c3)C[C@H]2C)cc1. The molecule has 9 heteroatoms. The Bertz CT molecular complexity index is 1320. The summed E-state index contributed by atoms with van der Waals surface area (Å²) in [7, 11) is -3.84. The quantitative estimate of drug-likeness (QED) is 0.643. The van der Waals surface area contributed by atoms with Crippen LogP contribution in [0.3, 0.4) is 0 Å². The van der Waals surface area contributed by atoms with Crippen LogP contribution in [0.1, 0.15) is 22.8 Å². The number of fused-ring (bicyclic) bond motifs is 1. The van der Waals surface area contributed by atoms with E-state index in [9.17, 15) is 23.1 Å². The standard InChI is InChI=1S/C22H23N3O5S/c1-14-3-5-16(6-4-14)25-10-9-24(13-15(25)2)31(29,30)17-7-8-20-18(11-17)21(26)19(12-23-20)22(27)28/h3-8,11-12,15H,9-10,13H2,1-2H3,(H,23,26)(H,27,28)/t15-/m1/s1. The number of carboxylic acids is 1. The van der Waals surface area contributed by atoms with Gasteiger partial charge < -0.3 is 15.0 Å². The van der Waals surface area contributed by atoms with E-state index in [0.29, 0.717) is 25.2 Å². The van der Waals surface area contributed by atoms with Crippen molar-refractivity contribution in [3.8, 4) is 0 Å². The minimum atomic E-state index is -3.84. The van der Waals surface area contributed by atoms with Crippen LogP contribution in [-0.2, 0) is 10.0 Å². The molecule has 1 fully saturated rings. The number of aryl methyl sites for hydroxylation is 1. The number of aromatic carboxylic acids is 1. The number of pyridine rings is 1. The summed E-state index contributed by atoms with van der Waals surface area (Å²) in [4.78, 5) is 28.6. The molecule has 162 valence electrons. The average Bonchev–Trinajstić information content (AvgIpc) is 2.74. The lowest BCUT2D eigenvalue weighted by molar-refractivity contribution is 0.0695. The van der Waals surface area contributed by atoms with Crippen molar-refractivity contribution < 1.29 is 18.3 Å². The Labute approximate surface area is 179 Å². The van der Waals surface area contributed by atoms with Gasteiger partial charge in [0, 0.05) is 48.5 Å². The van der Waals surface area contributed by atoms with Gasteiger partial charge in [-0.15, -0.1) is 0 Å². The van der Waals surface area contributed by atoms with Crippen LogP contribution in [0.15, 0.2) is 58.4 Å². The number of anilines is 1. The number of carboxylic acid groups (broad SMARTS) is 1. The van der Waals surface area contributed by atoms with Gasteiger partial charge in [-0.3, -0.25) is 4.79 Å². The summed E-state index contributed by atoms with van der Waals surface area (Å²) < 4.78 is 28.0. The van der Waals surface area contributed by atoms with Gasteiger partial charge >= 0.3 is 5.97 Å². The molecule has 0 aliphatic carbocycles. The number of rotatable bonds is 4. The number of carbonyl (C=O) groups is 1. The molecular formula is C22H23N3O5S. The van der Waals surface area contributed by atoms with E-state index in [1.807, 2.05) is 38.1 Å². The molecular weight excluding hydrogens is 418 g/mol. The van der Waals surface area contributed by atoms with Crippen molar-refractivity contribution in [1.29, 1.82) is 0 Å². The second kappa shape index (κ2) is 7.82. The second-order valence-corrected chi connectivity index (χ2v) is 9.72. The first kappa shape index (κ1) is 21.1. The third-order valence-corrected chi connectivity index (χ3v) is 7.54. The van der Waals surface area contributed by atoms with Gasteiger partial charge in [0.2, 0.25) is 15.5 Å². The highest BCUT2D eigenvalue weighted by atomic mass is 32.2. The fraction of sp³-hybridized carbons (Fsp3) is 0.273. The lowest BCUT2D eigenvalue weighted by Gasteiger charge is -2.40. The van der Waals surface area contributed by atoms with Gasteiger partial charge in [0.05, 0.1) is 4.90 Å². The van der Waals surface area contributed by atoms with E-state index >= 15 is 0 Å². The monoisotopic (exact) mass is 441 g/mol. The lowest BCUT2D eigenvalue weighted by atomic mass is 10.1. The van der Waals surface area contributed by atoms with Crippen LogP contribution in [0.4, 0.5) is 5.69 Å². The zero-order valence-electron chi connectivity index (χ0n) is 17.2. The van der Waals surface area contributed by atoms with Gasteiger partial charge in [0.25, 0.3) is 0 Å². The van der Waals surface area contributed by atoms with Gasteiger partial charge in [0.15, 0.2) is 0 Å². The summed E-state index contributed by atoms with van der Waals surface area (Å²) in [5.74, 6) is -1.36. The molecule has 1 saturated heterocycles. The highest BCUT2D eigenvalue weighted by Crippen LogP contribution is 2.26. The van der Waals surface area contributed by atoms with Crippen LogP contribution in [0.5, 0.6) is 0 Å². The van der Waals surface area contributed by atoms with Crippen LogP contribution < -0.4 is 10.3 Å². The predicted molar refractivity (Wildman–Crippen MR) is 118 cm³/mol. The number of nitrogens with zero attached hydrogens (tertiary/aromatic N) is 2. The highest BCUT2D eigenvalue weighted by Gasteiger charge is 2.32. The Morgan fingerprint density at radius 3 is 2.48 bits per heavy atom. The van der Waals surface area contributed by atoms with Gasteiger partial charge in [-0.05, 0) is 44.2 Å². The molecule has 0 saturated carbocycles. The molecule has 1 aliphatic rings. The third kappa shape index (κ3) is 3.82. The summed E-state index contributed by atoms with van der Waals surface area (Å²) >= 11 is 0. The number of hydrogen-bond acceptors (Lipinski definition) is 5. The number of sulfonamides is 1. The maximum atomic E-state index is 13.3. The number of piperazine rings is 1.